The normalized spacial score (nSPS) is 12.5. The van der Waals surface area contributed by atoms with E-state index in [1.54, 1.807) is 24.3 Å². The van der Waals surface area contributed by atoms with E-state index in [-0.39, 0.29) is 41.4 Å². The fraction of sp³-hybridized carbons (Fsp3) is 0.290. The third-order valence-electron chi connectivity index (χ3n) is 6.60. The SMILES string of the molecule is CC(C)(C)c1ccc(C(Cc2ccc(C(=O)NCCC(=O)O)cc2)C(=O)Nc2nc3cc(OC(F)(F)F)ccc3s2)cc1. The first-order valence-electron chi connectivity index (χ1n) is 13.3. The molecule has 2 amide bonds. The molecule has 226 valence electrons. The average molecular weight is 614 g/mol. The fourth-order valence-corrected chi connectivity index (χ4v) is 5.19. The van der Waals surface area contributed by atoms with Crippen LogP contribution in [-0.2, 0) is 21.4 Å². The number of thiazole rings is 1. The smallest absolute Gasteiger partial charge is 0.481 e. The molecule has 0 spiro atoms. The molecule has 1 atom stereocenters. The summed E-state index contributed by atoms with van der Waals surface area (Å²) in [6.45, 7) is 6.27. The van der Waals surface area contributed by atoms with Gasteiger partial charge in [-0.05, 0) is 52.8 Å². The van der Waals surface area contributed by atoms with Crippen LogP contribution in [-0.4, -0.2) is 40.8 Å². The van der Waals surface area contributed by atoms with Crippen LogP contribution in [0.2, 0.25) is 0 Å². The predicted molar refractivity (Wildman–Crippen MR) is 158 cm³/mol. The van der Waals surface area contributed by atoms with Gasteiger partial charge in [-0.25, -0.2) is 4.98 Å². The molecule has 3 N–H and O–H groups in total. The fourth-order valence-electron chi connectivity index (χ4n) is 4.34. The topological polar surface area (TPSA) is 118 Å². The maximum Gasteiger partial charge on any atom is 0.573 e. The molecule has 0 saturated heterocycles. The number of hydrogen-bond donors (Lipinski definition) is 3. The van der Waals surface area contributed by atoms with Gasteiger partial charge in [0.25, 0.3) is 5.91 Å². The highest BCUT2D eigenvalue weighted by molar-refractivity contribution is 7.22. The second-order valence-corrected chi connectivity index (χ2v) is 11.9. The van der Waals surface area contributed by atoms with Crippen LogP contribution in [0.25, 0.3) is 10.2 Å². The number of carboxylic acids is 1. The minimum absolute atomic E-state index is 0.00512. The van der Waals surface area contributed by atoms with Crippen LogP contribution in [0.4, 0.5) is 18.3 Å². The molecular formula is C31H30F3N3O5S. The Morgan fingerprint density at radius 2 is 1.65 bits per heavy atom. The quantitative estimate of drug-likeness (QED) is 0.184. The van der Waals surface area contributed by atoms with Crippen molar-refractivity contribution in [3.63, 3.8) is 0 Å². The highest BCUT2D eigenvalue weighted by Crippen LogP contribution is 2.33. The number of rotatable bonds is 10. The number of anilines is 1. The van der Waals surface area contributed by atoms with Crippen molar-refractivity contribution in [1.29, 1.82) is 0 Å². The lowest BCUT2D eigenvalue weighted by Crippen LogP contribution is -2.26. The van der Waals surface area contributed by atoms with Crippen LogP contribution in [0.5, 0.6) is 5.75 Å². The molecule has 43 heavy (non-hydrogen) atoms. The van der Waals surface area contributed by atoms with E-state index in [1.165, 1.54) is 12.1 Å². The first kappa shape index (κ1) is 31.5. The second-order valence-electron chi connectivity index (χ2n) is 10.9. The summed E-state index contributed by atoms with van der Waals surface area (Å²) in [6, 6.07) is 18.2. The molecule has 4 aromatic rings. The lowest BCUT2D eigenvalue weighted by atomic mass is 9.84. The molecule has 0 saturated carbocycles. The molecule has 0 bridgehead atoms. The van der Waals surface area contributed by atoms with Gasteiger partial charge in [0.1, 0.15) is 5.75 Å². The van der Waals surface area contributed by atoms with Crippen LogP contribution in [0, 0.1) is 0 Å². The first-order chi connectivity index (χ1) is 20.2. The molecule has 0 fully saturated rings. The Kier molecular flexibility index (Phi) is 9.39. The molecule has 12 heteroatoms. The molecule has 0 aliphatic heterocycles. The van der Waals surface area contributed by atoms with Gasteiger partial charge in [-0.15, -0.1) is 13.2 Å². The maximum atomic E-state index is 13.6. The van der Waals surface area contributed by atoms with Crippen LogP contribution in [0.15, 0.2) is 66.7 Å². The number of nitrogens with one attached hydrogen (secondary N) is 2. The number of carbonyl (C=O) groups is 3. The van der Waals surface area contributed by atoms with E-state index >= 15 is 0 Å². The molecule has 3 aromatic carbocycles. The zero-order valence-electron chi connectivity index (χ0n) is 23.6. The number of aliphatic carboxylic acids is 1. The van der Waals surface area contributed by atoms with Gasteiger partial charge in [0, 0.05) is 18.2 Å². The number of ether oxygens (including phenoxy) is 1. The Morgan fingerprint density at radius 1 is 0.977 bits per heavy atom. The number of alkyl halides is 3. The molecule has 1 unspecified atom stereocenters. The van der Waals surface area contributed by atoms with Crippen LogP contribution >= 0.6 is 11.3 Å². The van der Waals surface area contributed by atoms with Gasteiger partial charge in [-0.1, -0.05) is 68.5 Å². The van der Waals surface area contributed by atoms with Crippen molar-refractivity contribution >= 4 is 44.5 Å². The molecule has 0 radical (unpaired) electrons. The summed E-state index contributed by atoms with van der Waals surface area (Å²) in [5.74, 6) is -2.83. The zero-order chi connectivity index (χ0) is 31.4. The monoisotopic (exact) mass is 613 g/mol. The predicted octanol–water partition coefficient (Wildman–Crippen LogP) is 6.66. The Morgan fingerprint density at radius 3 is 2.26 bits per heavy atom. The number of nitrogens with zero attached hydrogens (tertiary/aromatic N) is 1. The van der Waals surface area contributed by atoms with E-state index in [1.807, 2.05) is 24.3 Å². The molecular weight excluding hydrogens is 583 g/mol. The summed E-state index contributed by atoms with van der Waals surface area (Å²) in [7, 11) is 0. The number of amides is 2. The summed E-state index contributed by atoms with van der Waals surface area (Å²) >= 11 is 1.13. The Bertz CT molecular complexity index is 1610. The van der Waals surface area contributed by atoms with Gasteiger partial charge < -0.3 is 20.5 Å². The van der Waals surface area contributed by atoms with E-state index in [0.29, 0.717) is 10.3 Å². The van der Waals surface area contributed by atoms with E-state index in [2.05, 4.69) is 41.1 Å². The van der Waals surface area contributed by atoms with Crippen molar-refractivity contribution in [2.75, 3.05) is 11.9 Å². The summed E-state index contributed by atoms with van der Waals surface area (Å²) in [6.07, 6.45) is -4.74. The van der Waals surface area contributed by atoms with Crippen LogP contribution < -0.4 is 15.4 Å². The van der Waals surface area contributed by atoms with Gasteiger partial charge in [-0.2, -0.15) is 0 Å². The molecule has 1 heterocycles. The van der Waals surface area contributed by atoms with Gasteiger partial charge in [0.05, 0.1) is 22.6 Å². The van der Waals surface area contributed by atoms with Crippen molar-refractivity contribution in [2.24, 2.45) is 0 Å². The molecule has 0 aliphatic carbocycles. The van der Waals surface area contributed by atoms with Crippen molar-refractivity contribution in [1.82, 2.24) is 10.3 Å². The Hall–Kier alpha value is -4.45. The van der Waals surface area contributed by atoms with Gasteiger partial charge >= 0.3 is 12.3 Å². The lowest BCUT2D eigenvalue weighted by molar-refractivity contribution is -0.274. The first-order valence-corrected chi connectivity index (χ1v) is 14.2. The number of carboxylic acid groups (broad SMARTS) is 1. The number of halogens is 3. The lowest BCUT2D eigenvalue weighted by Gasteiger charge is -2.21. The number of carbonyl (C=O) groups excluding carboxylic acids is 2. The summed E-state index contributed by atoms with van der Waals surface area (Å²) in [5, 5.41) is 14.4. The van der Waals surface area contributed by atoms with E-state index < -0.39 is 29.9 Å². The van der Waals surface area contributed by atoms with Crippen molar-refractivity contribution < 1.29 is 37.4 Å². The molecule has 1 aromatic heterocycles. The minimum atomic E-state index is -4.83. The van der Waals surface area contributed by atoms with Crippen molar-refractivity contribution in [2.45, 2.75) is 51.3 Å². The maximum absolute atomic E-state index is 13.6. The number of aromatic nitrogens is 1. The third kappa shape index (κ3) is 8.77. The minimum Gasteiger partial charge on any atom is -0.481 e. The van der Waals surface area contributed by atoms with E-state index in [4.69, 9.17) is 5.11 Å². The third-order valence-corrected chi connectivity index (χ3v) is 7.55. The summed E-state index contributed by atoms with van der Waals surface area (Å²) in [4.78, 5) is 41.0. The molecule has 4 rings (SSSR count). The number of benzene rings is 3. The zero-order valence-corrected chi connectivity index (χ0v) is 24.4. The largest absolute Gasteiger partial charge is 0.573 e. The Balaban J connectivity index is 1.56. The van der Waals surface area contributed by atoms with Gasteiger partial charge in [0.15, 0.2) is 5.13 Å². The average Bonchev–Trinajstić information content (AvgIpc) is 3.31. The van der Waals surface area contributed by atoms with E-state index in [0.717, 1.165) is 34.1 Å². The van der Waals surface area contributed by atoms with Crippen LogP contribution in [0.3, 0.4) is 0 Å². The summed E-state index contributed by atoms with van der Waals surface area (Å²) < 4.78 is 42.5. The van der Waals surface area contributed by atoms with Gasteiger partial charge in [0.2, 0.25) is 5.91 Å². The standard InChI is InChI=1S/C31H30F3N3O5S/c1-30(2,3)21-10-8-19(9-11-21)23(16-18-4-6-20(7-5-18)27(40)35-15-14-26(38)39)28(41)37-29-36-24-17-22(42-31(32,33)34)12-13-25(24)43-29/h4-13,17,23H,14-16H2,1-3H3,(H,35,40)(H,38,39)(H,36,37,41). The van der Waals surface area contributed by atoms with E-state index in [9.17, 15) is 27.6 Å². The van der Waals surface area contributed by atoms with Gasteiger partial charge in [-0.3, -0.25) is 14.4 Å². The van der Waals surface area contributed by atoms with Crippen molar-refractivity contribution in [3.05, 3.63) is 89.0 Å². The molecule has 0 aliphatic rings. The number of fused-ring (bicyclic) bond motifs is 1. The molecule has 8 nitrogen and oxygen atoms in total. The number of hydrogen-bond acceptors (Lipinski definition) is 6. The van der Waals surface area contributed by atoms with Crippen LogP contribution in [0.1, 0.15) is 60.2 Å². The summed E-state index contributed by atoms with van der Waals surface area (Å²) in [5.41, 5.74) is 3.14. The highest BCUT2D eigenvalue weighted by atomic mass is 32.1. The highest BCUT2D eigenvalue weighted by Gasteiger charge is 2.31. The Labute approximate surface area is 249 Å². The van der Waals surface area contributed by atoms with Crippen molar-refractivity contribution in [3.8, 4) is 5.75 Å². The second kappa shape index (κ2) is 12.8.